The topological polar surface area (TPSA) is 91.2 Å². The van der Waals surface area contributed by atoms with Crippen molar-refractivity contribution in [3.05, 3.63) is 59.4 Å². The van der Waals surface area contributed by atoms with Crippen molar-refractivity contribution in [2.24, 2.45) is 11.7 Å². The van der Waals surface area contributed by atoms with E-state index in [1.807, 2.05) is 31.2 Å². The van der Waals surface area contributed by atoms with Gasteiger partial charge in [0.25, 0.3) is 0 Å². The molecule has 1 aromatic heterocycles. The average Bonchev–Trinajstić information content (AvgIpc) is 3.08. The molecule has 0 bridgehead atoms. The Kier molecular flexibility index (Phi) is 5.44. The van der Waals surface area contributed by atoms with Crippen molar-refractivity contribution in [3.63, 3.8) is 0 Å². The lowest BCUT2D eigenvalue weighted by Gasteiger charge is -2.30. The molecule has 1 aliphatic heterocycles. The molecule has 0 radical (unpaired) electrons. The van der Waals surface area contributed by atoms with Crippen LogP contribution < -0.4 is 11.1 Å². The number of fused-ring (bicyclic) bond motifs is 1. The number of urea groups is 1. The molecule has 6 nitrogen and oxygen atoms in total. The minimum atomic E-state index is -0.480. The van der Waals surface area contributed by atoms with Gasteiger partial charge in [-0.05, 0) is 55.2 Å². The van der Waals surface area contributed by atoms with Crippen LogP contribution in [0.3, 0.4) is 0 Å². The number of rotatable bonds is 4. The van der Waals surface area contributed by atoms with Crippen molar-refractivity contribution in [1.82, 2.24) is 15.2 Å². The SMILES string of the molecule is Cc1c(-c2ccccc2F)[nH]c2ccc(CNC(=O)[C@@H]3CCCN(C(N)=O)C3)cc12. The second-order valence-corrected chi connectivity index (χ2v) is 7.83. The van der Waals surface area contributed by atoms with Gasteiger partial charge in [-0.25, -0.2) is 9.18 Å². The van der Waals surface area contributed by atoms with Gasteiger partial charge < -0.3 is 20.9 Å². The lowest BCUT2D eigenvalue weighted by atomic mass is 9.97. The Balaban J connectivity index is 1.49. The predicted octanol–water partition coefficient (Wildman–Crippen LogP) is 3.69. The van der Waals surface area contributed by atoms with Crippen LogP contribution in [0.5, 0.6) is 0 Å². The van der Waals surface area contributed by atoms with E-state index < -0.39 is 6.03 Å². The Hall–Kier alpha value is -3.35. The summed E-state index contributed by atoms with van der Waals surface area (Å²) in [4.78, 5) is 28.8. The normalized spacial score (nSPS) is 16.6. The van der Waals surface area contributed by atoms with Crippen LogP contribution in [-0.4, -0.2) is 34.9 Å². The summed E-state index contributed by atoms with van der Waals surface area (Å²) in [7, 11) is 0. The van der Waals surface area contributed by atoms with Gasteiger partial charge in [0, 0.05) is 36.1 Å². The highest BCUT2D eigenvalue weighted by Gasteiger charge is 2.27. The van der Waals surface area contributed by atoms with Crippen molar-refractivity contribution in [1.29, 1.82) is 0 Å². The maximum Gasteiger partial charge on any atom is 0.314 e. The number of halogens is 1. The molecule has 4 N–H and O–H groups in total. The number of aromatic nitrogens is 1. The molecule has 156 valence electrons. The van der Waals surface area contributed by atoms with E-state index in [-0.39, 0.29) is 17.6 Å². The smallest absolute Gasteiger partial charge is 0.314 e. The zero-order valence-electron chi connectivity index (χ0n) is 16.9. The van der Waals surface area contributed by atoms with Gasteiger partial charge in [-0.2, -0.15) is 0 Å². The number of aryl methyl sites for hydroxylation is 1. The summed E-state index contributed by atoms with van der Waals surface area (Å²) < 4.78 is 14.2. The number of H-pyrrole nitrogens is 1. The molecule has 0 unspecified atom stereocenters. The molecule has 2 heterocycles. The number of nitrogens with one attached hydrogen (secondary N) is 2. The number of likely N-dealkylation sites (tertiary alicyclic amines) is 1. The first-order valence-corrected chi connectivity index (χ1v) is 10.1. The zero-order chi connectivity index (χ0) is 21.3. The molecular weight excluding hydrogens is 383 g/mol. The van der Waals surface area contributed by atoms with Crippen LogP contribution >= 0.6 is 0 Å². The summed E-state index contributed by atoms with van der Waals surface area (Å²) in [5.41, 5.74) is 9.49. The van der Waals surface area contributed by atoms with E-state index in [0.717, 1.165) is 40.6 Å². The minimum Gasteiger partial charge on any atom is -0.354 e. The fourth-order valence-corrected chi connectivity index (χ4v) is 4.14. The average molecular weight is 408 g/mol. The summed E-state index contributed by atoms with van der Waals surface area (Å²) in [5.74, 6) is -0.576. The van der Waals surface area contributed by atoms with Crippen LogP contribution in [0.1, 0.15) is 24.0 Å². The predicted molar refractivity (Wildman–Crippen MR) is 114 cm³/mol. The number of primary amides is 1. The van der Waals surface area contributed by atoms with E-state index in [9.17, 15) is 14.0 Å². The van der Waals surface area contributed by atoms with E-state index >= 15 is 0 Å². The van der Waals surface area contributed by atoms with Gasteiger partial charge in [-0.1, -0.05) is 18.2 Å². The Morgan fingerprint density at radius 1 is 1.27 bits per heavy atom. The molecule has 1 fully saturated rings. The summed E-state index contributed by atoms with van der Waals surface area (Å²) >= 11 is 0. The maximum atomic E-state index is 14.2. The van der Waals surface area contributed by atoms with Crippen LogP contribution in [-0.2, 0) is 11.3 Å². The van der Waals surface area contributed by atoms with Gasteiger partial charge in [0.05, 0.1) is 11.6 Å². The van der Waals surface area contributed by atoms with Gasteiger partial charge in [-0.15, -0.1) is 0 Å². The largest absolute Gasteiger partial charge is 0.354 e. The molecule has 1 saturated heterocycles. The molecule has 0 spiro atoms. The van der Waals surface area contributed by atoms with E-state index in [4.69, 9.17) is 5.73 Å². The number of piperidine rings is 1. The third kappa shape index (κ3) is 3.87. The Morgan fingerprint density at radius 3 is 2.83 bits per heavy atom. The van der Waals surface area contributed by atoms with Crippen LogP contribution in [0.15, 0.2) is 42.5 Å². The molecule has 3 aromatic rings. The Bertz CT molecular complexity index is 1110. The molecule has 7 heteroatoms. The first-order valence-electron chi connectivity index (χ1n) is 10.1. The summed E-state index contributed by atoms with van der Waals surface area (Å²) in [6.07, 6.45) is 1.52. The Labute approximate surface area is 174 Å². The molecule has 1 atom stereocenters. The second kappa shape index (κ2) is 8.18. The molecular formula is C23H25FN4O2. The lowest BCUT2D eigenvalue weighted by molar-refractivity contribution is -0.126. The van der Waals surface area contributed by atoms with Crippen LogP contribution in [0, 0.1) is 18.7 Å². The highest BCUT2D eigenvalue weighted by atomic mass is 19.1. The maximum absolute atomic E-state index is 14.2. The van der Waals surface area contributed by atoms with Crippen LogP contribution in [0.2, 0.25) is 0 Å². The number of benzene rings is 2. The fourth-order valence-electron chi connectivity index (χ4n) is 4.14. The van der Waals surface area contributed by atoms with Crippen LogP contribution in [0.4, 0.5) is 9.18 Å². The zero-order valence-corrected chi connectivity index (χ0v) is 16.9. The highest BCUT2D eigenvalue weighted by molar-refractivity contribution is 5.91. The number of nitrogens with zero attached hydrogens (tertiary/aromatic N) is 1. The number of carbonyl (C=O) groups is 2. The monoisotopic (exact) mass is 408 g/mol. The number of aromatic amines is 1. The molecule has 0 aliphatic carbocycles. The van der Waals surface area contributed by atoms with Gasteiger partial charge in [0.1, 0.15) is 5.82 Å². The molecule has 3 amide bonds. The summed E-state index contributed by atoms with van der Waals surface area (Å²) in [5, 5.41) is 3.97. The highest BCUT2D eigenvalue weighted by Crippen LogP contribution is 2.31. The number of carbonyl (C=O) groups excluding carboxylic acids is 2. The van der Waals surface area contributed by atoms with Crippen molar-refractivity contribution in [2.45, 2.75) is 26.3 Å². The molecule has 30 heavy (non-hydrogen) atoms. The fraction of sp³-hybridized carbons (Fsp3) is 0.304. The third-order valence-corrected chi connectivity index (χ3v) is 5.84. The van der Waals surface area contributed by atoms with Crippen molar-refractivity contribution in [3.8, 4) is 11.3 Å². The number of nitrogens with two attached hydrogens (primary N) is 1. The van der Waals surface area contributed by atoms with E-state index in [1.54, 1.807) is 12.1 Å². The molecule has 2 aromatic carbocycles. The van der Waals surface area contributed by atoms with Gasteiger partial charge in [0.2, 0.25) is 5.91 Å². The quantitative estimate of drug-likeness (QED) is 0.614. The standard InChI is InChI=1S/C23H25FN4O2/c1-14-18-11-15(12-26-22(29)16-5-4-10-28(13-16)23(25)30)8-9-20(18)27-21(14)17-6-2-3-7-19(17)24/h2-3,6-9,11,16,27H,4-5,10,12-13H2,1H3,(H2,25,30)(H,26,29)/t16-/m1/s1. The van der Waals surface area contributed by atoms with E-state index in [2.05, 4.69) is 10.3 Å². The molecule has 1 aliphatic rings. The molecule has 0 saturated carbocycles. The third-order valence-electron chi connectivity index (χ3n) is 5.84. The second-order valence-electron chi connectivity index (χ2n) is 7.83. The lowest BCUT2D eigenvalue weighted by Crippen LogP contribution is -2.47. The summed E-state index contributed by atoms with van der Waals surface area (Å²) in [6.45, 7) is 3.32. The first-order chi connectivity index (χ1) is 14.4. The number of hydrogen-bond donors (Lipinski definition) is 3. The molecule has 4 rings (SSSR count). The van der Waals surface area contributed by atoms with Crippen LogP contribution in [0.25, 0.3) is 22.2 Å². The van der Waals surface area contributed by atoms with Crippen molar-refractivity contribution < 1.29 is 14.0 Å². The van der Waals surface area contributed by atoms with E-state index in [0.29, 0.717) is 25.2 Å². The van der Waals surface area contributed by atoms with Gasteiger partial charge >= 0.3 is 6.03 Å². The van der Waals surface area contributed by atoms with Gasteiger partial charge in [0.15, 0.2) is 0 Å². The Morgan fingerprint density at radius 2 is 2.07 bits per heavy atom. The van der Waals surface area contributed by atoms with Gasteiger partial charge in [-0.3, -0.25) is 4.79 Å². The first kappa shape index (κ1) is 19.9. The van der Waals surface area contributed by atoms with Crippen molar-refractivity contribution in [2.75, 3.05) is 13.1 Å². The number of hydrogen-bond acceptors (Lipinski definition) is 2. The van der Waals surface area contributed by atoms with E-state index in [1.165, 1.54) is 11.0 Å². The number of amides is 3. The summed E-state index contributed by atoms with van der Waals surface area (Å²) in [6, 6.07) is 12.1. The van der Waals surface area contributed by atoms with Crippen molar-refractivity contribution >= 4 is 22.8 Å². The minimum absolute atomic E-state index is 0.0705.